The topological polar surface area (TPSA) is 79.5 Å². The van der Waals surface area contributed by atoms with Gasteiger partial charge in [-0.15, -0.1) is 0 Å². The van der Waals surface area contributed by atoms with Crippen molar-refractivity contribution >= 4 is 28.7 Å². The number of methoxy groups -OCH3 is 1. The summed E-state index contributed by atoms with van der Waals surface area (Å²) in [6.45, 7) is 2.92. The molecule has 10 heteroatoms. The maximum absolute atomic E-state index is 13.0. The highest BCUT2D eigenvalue weighted by molar-refractivity contribution is 5.78. The Morgan fingerprint density at radius 3 is 2.31 bits per heavy atom. The van der Waals surface area contributed by atoms with E-state index in [0.29, 0.717) is 24.6 Å². The molecule has 7 nitrogen and oxygen atoms in total. The number of piperazine rings is 1. The third-order valence-electron chi connectivity index (χ3n) is 5.33. The Labute approximate surface area is 183 Å². The number of benzene rings is 2. The number of anilines is 5. The molecule has 32 heavy (non-hydrogen) atoms. The first-order valence-electron chi connectivity index (χ1n) is 10.0. The third-order valence-corrected chi connectivity index (χ3v) is 5.33. The first-order valence-corrected chi connectivity index (χ1v) is 10.0. The largest absolute Gasteiger partial charge is 0.497 e. The maximum atomic E-state index is 13.0. The fourth-order valence-electron chi connectivity index (χ4n) is 3.62. The second kappa shape index (κ2) is 8.81. The zero-order valence-corrected chi connectivity index (χ0v) is 17.4. The van der Waals surface area contributed by atoms with Crippen LogP contribution in [0, 0.1) is 0 Å². The zero-order chi connectivity index (χ0) is 22.7. The number of nitrogen functional groups attached to an aromatic ring is 1. The standard InChI is InChI=1S/C22H23F3N6O/c1-32-18-7-5-17(6-8-18)30-9-11-31(12-10-30)21-19(26)20(27-14-28-21)29-16-4-2-3-15(13-16)22(23,24)25/h2-8,13-14H,9-12,26H2,1H3,(H,27,28,29). The first-order chi connectivity index (χ1) is 15.3. The summed E-state index contributed by atoms with van der Waals surface area (Å²) in [5, 5.41) is 2.88. The molecule has 0 bridgehead atoms. The predicted octanol–water partition coefficient (Wildman–Crippen LogP) is 4.16. The van der Waals surface area contributed by atoms with E-state index in [1.807, 2.05) is 29.2 Å². The van der Waals surface area contributed by atoms with E-state index >= 15 is 0 Å². The van der Waals surface area contributed by atoms with Gasteiger partial charge in [-0.2, -0.15) is 13.2 Å². The van der Waals surface area contributed by atoms with Crippen LogP contribution in [0.3, 0.4) is 0 Å². The Bertz CT molecular complexity index is 1070. The molecule has 0 amide bonds. The molecule has 168 valence electrons. The van der Waals surface area contributed by atoms with Crippen molar-refractivity contribution in [2.45, 2.75) is 6.18 Å². The van der Waals surface area contributed by atoms with E-state index in [1.165, 1.54) is 18.5 Å². The fourth-order valence-corrected chi connectivity index (χ4v) is 3.62. The lowest BCUT2D eigenvalue weighted by Gasteiger charge is -2.37. The number of nitrogens with one attached hydrogen (secondary N) is 1. The van der Waals surface area contributed by atoms with Crippen LogP contribution in [0.15, 0.2) is 54.9 Å². The Balaban J connectivity index is 1.46. The molecule has 2 aromatic carbocycles. The quantitative estimate of drug-likeness (QED) is 0.612. The predicted molar refractivity (Wildman–Crippen MR) is 119 cm³/mol. The highest BCUT2D eigenvalue weighted by Gasteiger charge is 2.30. The number of rotatable bonds is 5. The highest BCUT2D eigenvalue weighted by Crippen LogP contribution is 2.33. The van der Waals surface area contributed by atoms with E-state index in [9.17, 15) is 13.2 Å². The zero-order valence-electron chi connectivity index (χ0n) is 17.4. The lowest BCUT2D eigenvalue weighted by Crippen LogP contribution is -2.47. The molecule has 3 N–H and O–H groups in total. The summed E-state index contributed by atoms with van der Waals surface area (Å²) in [4.78, 5) is 12.7. The summed E-state index contributed by atoms with van der Waals surface area (Å²) in [7, 11) is 1.63. The van der Waals surface area contributed by atoms with Crippen LogP contribution in [-0.4, -0.2) is 43.3 Å². The monoisotopic (exact) mass is 444 g/mol. The Hall–Kier alpha value is -3.69. The van der Waals surface area contributed by atoms with Crippen molar-refractivity contribution in [2.24, 2.45) is 0 Å². The van der Waals surface area contributed by atoms with Gasteiger partial charge in [-0.05, 0) is 42.5 Å². The first kappa shape index (κ1) is 21.5. The van der Waals surface area contributed by atoms with E-state index in [1.54, 1.807) is 7.11 Å². The lowest BCUT2D eigenvalue weighted by molar-refractivity contribution is -0.137. The number of hydrogen-bond donors (Lipinski definition) is 2. The summed E-state index contributed by atoms with van der Waals surface area (Å²) in [6.07, 6.45) is -3.07. The van der Waals surface area contributed by atoms with Crippen LogP contribution in [0.2, 0.25) is 0 Å². The van der Waals surface area contributed by atoms with Crippen molar-refractivity contribution in [1.29, 1.82) is 0 Å². The van der Waals surface area contributed by atoms with Gasteiger partial charge in [0.05, 0.1) is 12.7 Å². The Morgan fingerprint density at radius 1 is 0.969 bits per heavy atom. The van der Waals surface area contributed by atoms with Crippen LogP contribution in [0.4, 0.5) is 41.9 Å². The molecule has 1 aliphatic heterocycles. The molecular formula is C22H23F3N6O. The van der Waals surface area contributed by atoms with Crippen LogP contribution in [-0.2, 0) is 6.18 Å². The highest BCUT2D eigenvalue weighted by atomic mass is 19.4. The third kappa shape index (κ3) is 4.63. The summed E-state index contributed by atoms with van der Waals surface area (Å²) in [5.74, 6) is 1.64. The Morgan fingerprint density at radius 2 is 1.66 bits per heavy atom. The van der Waals surface area contributed by atoms with Crippen molar-refractivity contribution in [1.82, 2.24) is 9.97 Å². The molecule has 0 radical (unpaired) electrons. The number of hydrogen-bond acceptors (Lipinski definition) is 7. The van der Waals surface area contributed by atoms with Gasteiger partial charge in [0.2, 0.25) is 0 Å². The van der Waals surface area contributed by atoms with Crippen molar-refractivity contribution in [2.75, 3.05) is 54.1 Å². The molecule has 0 unspecified atom stereocenters. The van der Waals surface area contributed by atoms with Crippen molar-refractivity contribution < 1.29 is 17.9 Å². The number of aromatic nitrogens is 2. The molecule has 0 atom stereocenters. The minimum Gasteiger partial charge on any atom is -0.497 e. The minimum absolute atomic E-state index is 0.250. The minimum atomic E-state index is -4.43. The van der Waals surface area contributed by atoms with Crippen LogP contribution >= 0.6 is 0 Å². The summed E-state index contributed by atoms with van der Waals surface area (Å²) in [6, 6.07) is 12.8. The van der Waals surface area contributed by atoms with Gasteiger partial charge in [0, 0.05) is 37.6 Å². The summed E-state index contributed by atoms with van der Waals surface area (Å²) in [5.41, 5.74) is 7.19. The van der Waals surface area contributed by atoms with Gasteiger partial charge in [0.1, 0.15) is 17.8 Å². The molecule has 1 aromatic heterocycles. The summed E-state index contributed by atoms with van der Waals surface area (Å²) >= 11 is 0. The van der Waals surface area contributed by atoms with Crippen LogP contribution in [0.5, 0.6) is 5.75 Å². The van der Waals surface area contributed by atoms with E-state index in [4.69, 9.17) is 10.5 Å². The number of alkyl halides is 3. The van der Waals surface area contributed by atoms with Gasteiger partial charge in [-0.25, -0.2) is 9.97 Å². The molecule has 0 spiro atoms. The number of ether oxygens (including phenoxy) is 1. The molecule has 0 saturated carbocycles. The second-order valence-corrected chi connectivity index (χ2v) is 7.34. The molecule has 4 rings (SSSR count). The molecule has 2 heterocycles. The average Bonchev–Trinajstić information content (AvgIpc) is 2.80. The van der Waals surface area contributed by atoms with Gasteiger partial charge in [-0.1, -0.05) is 6.07 Å². The van der Waals surface area contributed by atoms with Gasteiger partial charge in [0.15, 0.2) is 11.6 Å². The van der Waals surface area contributed by atoms with Crippen molar-refractivity contribution in [3.8, 4) is 5.75 Å². The molecular weight excluding hydrogens is 421 g/mol. The molecule has 1 saturated heterocycles. The van der Waals surface area contributed by atoms with E-state index in [2.05, 4.69) is 20.2 Å². The van der Waals surface area contributed by atoms with Crippen molar-refractivity contribution in [3.05, 3.63) is 60.4 Å². The SMILES string of the molecule is COc1ccc(N2CCN(c3ncnc(Nc4cccc(C(F)(F)F)c4)c3N)CC2)cc1. The van der Waals surface area contributed by atoms with Gasteiger partial charge >= 0.3 is 6.18 Å². The van der Waals surface area contributed by atoms with Gasteiger partial charge in [-0.3, -0.25) is 0 Å². The number of nitrogens with two attached hydrogens (primary N) is 1. The van der Waals surface area contributed by atoms with E-state index in [-0.39, 0.29) is 11.5 Å². The van der Waals surface area contributed by atoms with E-state index < -0.39 is 11.7 Å². The second-order valence-electron chi connectivity index (χ2n) is 7.34. The normalized spacial score (nSPS) is 14.4. The lowest BCUT2D eigenvalue weighted by atomic mass is 10.2. The molecule has 1 fully saturated rings. The Kier molecular flexibility index (Phi) is 5.93. The average molecular weight is 444 g/mol. The molecule has 3 aromatic rings. The smallest absolute Gasteiger partial charge is 0.416 e. The van der Waals surface area contributed by atoms with Crippen LogP contribution < -0.4 is 25.6 Å². The molecule has 1 aliphatic rings. The fraction of sp³-hybridized carbons (Fsp3) is 0.273. The van der Waals surface area contributed by atoms with Crippen molar-refractivity contribution in [3.63, 3.8) is 0 Å². The number of nitrogens with zero attached hydrogens (tertiary/aromatic N) is 4. The number of halogens is 3. The van der Waals surface area contributed by atoms with E-state index in [0.717, 1.165) is 36.7 Å². The van der Waals surface area contributed by atoms with Gasteiger partial charge < -0.3 is 25.6 Å². The van der Waals surface area contributed by atoms with Crippen LogP contribution in [0.25, 0.3) is 0 Å². The summed E-state index contributed by atoms with van der Waals surface area (Å²) < 4.78 is 44.2. The van der Waals surface area contributed by atoms with Crippen LogP contribution in [0.1, 0.15) is 5.56 Å². The van der Waals surface area contributed by atoms with Gasteiger partial charge in [0.25, 0.3) is 0 Å². The molecule has 0 aliphatic carbocycles. The maximum Gasteiger partial charge on any atom is 0.416 e.